The van der Waals surface area contributed by atoms with Gasteiger partial charge in [0, 0.05) is 26.2 Å². The molecule has 0 saturated heterocycles. The Morgan fingerprint density at radius 2 is 2.13 bits per heavy atom. The first kappa shape index (κ1) is 12.9. The standard InChI is InChI=1S/C12H25NO2/c1-4-12(14)9-13(7-8-15-3)10(2)11-5-6-11/h10-12,14H,4-9H2,1-3H3. The Morgan fingerprint density at radius 3 is 2.60 bits per heavy atom. The average Bonchev–Trinajstić information content (AvgIpc) is 3.06. The number of hydrogen-bond donors (Lipinski definition) is 1. The van der Waals surface area contributed by atoms with Crippen LogP contribution in [0.5, 0.6) is 0 Å². The summed E-state index contributed by atoms with van der Waals surface area (Å²) in [5.74, 6) is 0.853. The van der Waals surface area contributed by atoms with Crippen molar-refractivity contribution in [2.24, 2.45) is 5.92 Å². The maximum Gasteiger partial charge on any atom is 0.0664 e. The van der Waals surface area contributed by atoms with Crippen molar-refractivity contribution in [3.8, 4) is 0 Å². The van der Waals surface area contributed by atoms with E-state index in [0.717, 1.165) is 32.0 Å². The average molecular weight is 215 g/mol. The summed E-state index contributed by atoms with van der Waals surface area (Å²) in [4.78, 5) is 2.37. The lowest BCUT2D eigenvalue weighted by Crippen LogP contribution is -2.41. The van der Waals surface area contributed by atoms with Crippen LogP contribution < -0.4 is 0 Å². The third-order valence-corrected chi connectivity index (χ3v) is 3.38. The van der Waals surface area contributed by atoms with Crippen LogP contribution >= 0.6 is 0 Å². The monoisotopic (exact) mass is 215 g/mol. The molecule has 0 spiro atoms. The molecule has 1 aliphatic carbocycles. The van der Waals surface area contributed by atoms with Crippen LogP contribution in [-0.4, -0.2) is 49.0 Å². The van der Waals surface area contributed by atoms with E-state index >= 15 is 0 Å². The Hall–Kier alpha value is -0.120. The van der Waals surface area contributed by atoms with E-state index in [1.807, 2.05) is 6.92 Å². The molecule has 0 aromatic carbocycles. The van der Waals surface area contributed by atoms with E-state index in [4.69, 9.17) is 4.74 Å². The third kappa shape index (κ3) is 4.49. The second-order valence-corrected chi connectivity index (χ2v) is 4.63. The van der Waals surface area contributed by atoms with Crippen LogP contribution in [0.25, 0.3) is 0 Å². The van der Waals surface area contributed by atoms with E-state index in [-0.39, 0.29) is 6.10 Å². The molecule has 0 amide bonds. The number of ether oxygens (including phenoxy) is 1. The van der Waals surface area contributed by atoms with Crippen molar-refractivity contribution in [3.05, 3.63) is 0 Å². The molecule has 0 heterocycles. The Balaban J connectivity index is 2.36. The quantitative estimate of drug-likeness (QED) is 0.666. The van der Waals surface area contributed by atoms with E-state index in [1.165, 1.54) is 12.8 Å². The summed E-state index contributed by atoms with van der Waals surface area (Å²) in [7, 11) is 1.73. The number of nitrogens with zero attached hydrogens (tertiary/aromatic N) is 1. The minimum atomic E-state index is -0.192. The molecule has 3 heteroatoms. The van der Waals surface area contributed by atoms with Crippen molar-refractivity contribution in [2.75, 3.05) is 26.8 Å². The van der Waals surface area contributed by atoms with Crippen molar-refractivity contribution < 1.29 is 9.84 Å². The van der Waals surface area contributed by atoms with Gasteiger partial charge in [-0.1, -0.05) is 6.92 Å². The first-order chi connectivity index (χ1) is 7.19. The van der Waals surface area contributed by atoms with E-state index in [0.29, 0.717) is 6.04 Å². The zero-order valence-corrected chi connectivity index (χ0v) is 10.3. The predicted octanol–water partition coefficient (Wildman–Crippen LogP) is 1.50. The van der Waals surface area contributed by atoms with Crippen molar-refractivity contribution in [3.63, 3.8) is 0 Å². The van der Waals surface area contributed by atoms with E-state index in [1.54, 1.807) is 7.11 Å². The highest BCUT2D eigenvalue weighted by Gasteiger charge is 2.32. The molecule has 0 radical (unpaired) electrons. The Kier molecular flexibility index (Phi) is 5.58. The van der Waals surface area contributed by atoms with Crippen molar-refractivity contribution in [1.29, 1.82) is 0 Å². The molecular formula is C12H25NO2. The Labute approximate surface area is 93.4 Å². The Morgan fingerprint density at radius 1 is 1.47 bits per heavy atom. The van der Waals surface area contributed by atoms with Crippen molar-refractivity contribution in [1.82, 2.24) is 4.90 Å². The van der Waals surface area contributed by atoms with Gasteiger partial charge in [0.15, 0.2) is 0 Å². The van der Waals surface area contributed by atoms with Crippen LogP contribution in [0.2, 0.25) is 0 Å². The second-order valence-electron chi connectivity index (χ2n) is 4.63. The fourth-order valence-corrected chi connectivity index (χ4v) is 1.95. The van der Waals surface area contributed by atoms with Gasteiger partial charge in [-0.25, -0.2) is 0 Å². The molecule has 1 aliphatic rings. The molecular weight excluding hydrogens is 190 g/mol. The van der Waals surface area contributed by atoms with Gasteiger partial charge < -0.3 is 9.84 Å². The van der Waals surface area contributed by atoms with Crippen LogP contribution in [-0.2, 0) is 4.74 Å². The van der Waals surface area contributed by atoms with Gasteiger partial charge in [0.1, 0.15) is 0 Å². The van der Waals surface area contributed by atoms with Crippen LogP contribution in [0.15, 0.2) is 0 Å². The van der Waals surface area contributed by atoms with Gasteiger partial charge in [0.2, 0.25) is 0 Å². The zero-order chi connectivity index (χ0) is 11.3. The maximum atomic E-state index is 9.70. The van der Waals surface area contributed by atoms with Gasteiger partial charge in [-0.15, -0.1) is 0 Å². The minimum absolute atomic E-state index is 0.192. The van der Waals surface area contributed by atoms with Crippen LogP contribution in [0.1, 0.15) is 33.1 Å². The summed E-state index contributed by atoms with van der Waals surface area (Å²) in [6.45, 7) is 6.78. The number of hydrogen-bond acceptors (Lipinski definition) is 3. The fourth-order valence-electron chi connectivity index (χ4n) is 1.95. The van der Waals surface area contributed by atoms with Gasteiger partial charge in [-0.3, -0.25) is 4.90 Å². The lowest BCUT2D eigenvalue weighted by Gasteiger charge is -2.30. The van der Waals surface area contributed by atoms with E-state index in [2.05, 4.69) is 11.8 Å². The van der Waals surface area contributed by atoms with Gasteiger partial charge in [0.25, 0.3) is 0 Å². The normalized spacial score (nSPS) is 20.6. The third-order valence-electron chi connectivity index (χ3n) is 3.38. The highest BCUT2D eigenvalue weighted by molar-refractivity contribution is 4.86. The lowest BCUT2D eigenvalue weighted by molar-refractivity contribution is 0.0608. The molecule has 2 atom stereocenters. The summed E-state index contributed by atoms with van der Waals surface area (Å²) in [5.41, 5.74) is 0. The smallest absolute Gasteiger partial charge is 0.0664 e. The lowest BCUT2D eigenvalue weighted by atomic mass is 10.1. The summed E-state index contributed by atoms with van der Waals surface area (Å²) in [5, 5.41) is 9.70. The fraction of sp³-hybridized carbons (Fsp3) is 1.00. The van der Waals surface area contributed by atoms with E-state index in [9.17, 15) is 5.11 Å². The molecule has 0 aromatic heterocycles. The summed E-state index contributed by atoms with van der Waals surface area (Å²) in [6, 6.07) is 0.598. The molecule has 1 fully saturated rings. The van der Waals surface area contributed by atoms with Crippen molar-refractivity contribution in [2.45, 2.75) is 45.3 Å². The van der Waals surface area contributed by atoms with Gasteiger partial charge in [-0.2, -0.15) is 0 Å². The largest absolute Gasteiger partial charge is 0.392 e. The molecule has 1 rings (SSSR count). The molecule has 0 bridgehead atoms. The summed E-state index contributed by atoms with van der Waals surface area (Å²) in [6.07, 6.45) is 3.35. The second kappa shape index (κ2) is 6.46. The highest BCUT2D eigenvalue weighted by Crippen LogP contribution is 2.35. The van der Waals surface area contributed by atoms with Gasteiger partial charge >= 0.3 is 0 Å². The molecule has 90 valence electrons. The number of methoxy groups -OCH3 is 1. The van der Waals surface area contributed by atoms with Crippen LogP contribution in [0.3, 0.4) is 0 Å². The maximum absolute atomic E-state index is 9.70. The zero-order valence-electron chi connectivity index (χ0n) is 10.3. The van der Waals surface area contributed by atoms with Crippen LogP contribution in [0, 0.1) is 5.92 Å². The number of aliphatic hydroxyl groups excluding tert-OH is 1. The highest BCUT2D eigenvalue weighted by atomic mass is 16.5. The molecule has 0 aliphatic heterocycles. The SMILES string of the molecule is CCC(O)CN(CCOC)C(C)C1CC1. The predicted molar refractivity (Wildman–Crippen MR) is 61.9 cm³/mol. The first-order valence-electron chi connectivity index (χ1n) is 6.10. The van der Waals surface area contributed by atoms with E-state index < -0.39 is 0 Å². The summed E-state index contributed by atoms with van der Waals surface area (Å²) < 4.78 is 5.11. The molecule has 1 saturated carbocycles. The molecule has 3 nitrogen and oxygen atoms in total. The first-order valence-corrected chi connectivity index (χ1v) is 6.10. The Bertz CT molecular complexity index is 171. The molecule has 15 heavy (non-hydrogen) atoms. The van der Waals surface area contributed by atoms with Gasteiger partial charge in [0.05, 0.1) is 12.7 Å². The molecule has 0 aromatic rings. The van der Waals surface area contributed by atoms with Crippen LogP contribution in [0.4, 0.5) is 0 Å². The summed E-state index contributed by atoms with van der Waals surface area (Å²) >= 11 is 0. The van der Waals surface area contributed by atoms with Crippen molar-refractivity contribution >= 4 is 0 Å². The number of rotatable bonds is 8. The van der Waals surface area contributed by atoms with Gasteiger partial charge in [-0.05, 0) is 32.1 Å². The molecule has 1 N–H and O–H groups in total. The topological polar surface area (TPSA) is 32.7 Å². The minimum Gasteiger partial charge on any atom is -0.392 e. The molecule has 2 unspecified atom stereocenters. The number of aliphatic hydroxyl groups is 1.